The summed E-state index contributed by atoms with van der Waals surface area (Å²) in [5.41, 5.74) is 9.74. The fourth-order valence-electron chi connectivity index (χ4n) is 3.30. The van der Waals surface area contributed by atoms with Gasteiger partial charge in [-0.1, -0.05) is 42.0 Å². The minimum Gasteiger partial charge on any atom is -0.366 e. The average Bonchev–Trinajstić information content (AvgIpc) is 3.15. The van der Waals surface area contributed by atoms with Gasteiger partial charge in [0, 0.05) is 29.9 Å². The first-order chi connectivity index (χ1) is 13.5. The second-order valence-corrected chi connectivity index (χ2v) is 6.80. The molecule has 0 unspecified atom stereocenters. The van der Waals surface area contributed by atoms with Crippen LogP contribution in [0.25, 0.3) is 10.9 Å². The fraction of sp³-hybridized carbons (Fsp3) is 0.0870. The maximum absolute atomic E-state index is 12.9. The van der Waals surface area contributed by atoms with Crippen LogP contribution < -0.4 is 5.73 Å². The molecule has 0 aliphatic carbocycles. The Kier molecular flexibility index (Phi) is 4.49. The molecule has 0 aliphatic rings. The largest absolute Gasteiger partial charge is 0.366 e. The molecule has 28 heavy (non-hydrogen) atoms. The second-order valence-electron chi connectivity index (χ2n) is 6.80. The van der Waals surface area contributed by atoms with Gasteiger partial charge in [0.25, 0.3) is 5.91 Å². The monoisotopic (exact) mass is 369 g/mol. The van der Waals surface area contributed by atoms with Crippen molar-refractivity contribution in [1.82, 2.24) is 9.55 Å². The lowest BCUT2D eigenvalue weighted by atomic mass is 10.1. The number of aromatic nitrogens is 2. The molecule has 5 nitrogen and oxygen atoms in total. The van der Waals surface area contributed by atoms with Crippen LogP contribution in [0.15, 0.2) is 73.1 Å². The lowest BCUT2D eigenvalue weighted by molar-refractivity contribution is 0.0999. The number of carbonyl (C=O) groups is 2. The van der Waals surface area contributed by atoms with Gasteiger partial charge < -0.3 is 10.3 Å². The molecule has 2 heterocycles. The fourth-order valence-corrected chi connectivity index (χ4v) is 3.30. The molecule has 2 aromatic carbocycles. The maximum atomic E-state index is 12.9. The zero-order valence-corrected chi connectivity index (χ0v) is 15.4. The number of nitrogens with zero attached hydrogens (tertiary/aromatic N) is 2. The summed E-state index contributed by atoms with van der Waals surface area (Å²) in [7, 11) is 0. The molecular weight excluding hydrogens is 350 g/mol. The Bertz CT molecular complexity index is 1190. The predicted molar refractivity (Wildman–Crippen MR) is 108 cm³/mol. The Morgan fingerprint density at radius 3 is 2.57 bits per heavy atom. The highest BCUT2D eigenvalue weighted by atomic mass is 16.1. The number of benzene rings is 2. The predicted octanol–water partition coefficient (Wildman–Crippen LogP) is 3.72. The number of hydrogen-bond acceptors (Lipinski definition) is 3. The molecule has 0 saturated carbocycles. The molecule has 2 N–H and O–H groups in total. The number of para-hydroxylation sites is 1. The van der Waals surface area contributed by atoms with Crippen molar-refractivity contribution in [1.29, 1.82) is 0 Å². The molecule has 0 radical (unpaired) electrons. The van der Waals surface area contributed by atoms with Crippen molar-refractivity contribution in [3.63, 3.8) is 0 Å². The van der Waals surface area contributed by atoms with Crippen molar-refractivity contribution in [2.75, 3.05) is 0 Å². The molecular formula is C23H19N3O2. The molecule has 0 aliphatic heterocycles. The summed E-state index contributed by atoms with van der Waals surface area (Å²) < 4.78 is 1.91. The highest BCUT2D eigenvalue weighted by Gasteiger charge is 2.14. The SMILES string of the molecule is Cc1ccc(C(=O)c2cccn2Cc2cnc3c(C(N)=O)cccc3c2)cc1. The van der Waals surface area contributed by atoms with Gasteiger partial charge in [0.2, 0.25) is 5.78 Å². The molecule has 4 aromatic rings. The number of aryl methyl sites for hydroxylation is 1. The van der Waals surface area contributed by atoms with Gasteiger partial charge in [0.15, 0.2) is 0 Å². The molecule has 0 atom stereocenters. The van der Waals surface area contributed by atoms with E-state index in [4.69, 9.17) is 5.73 Å². The smallest absolute Gasteiger partial charge is 0.250 e. The number of carbonyl (C=O) groups excluding carboxylic acids is 2. The van der Waals surface area contributed by atoms with Gasteiger partial charge in [-0.2, -0.15) is 0 Å². The van der Waals surface area contributed by atoms with E-state index < -0.39 is 5.91 Å². The van der Waals surface area contributed by atoms with Crippen LogP contribution in [-0.4, -0.2) is 21.2 Å². The third-order valence-electron chi connectivity index (χ3n) is 4.76. The molecule has 0 saturated heterocycles. The Morgan fingerprint density at radius 1 is 1.04 bits per heavy atom. The minimum atomic E-state index is -0.498. The van der Waals surface area contributed by atoms with Gasteiger partial charge in [-0.25, -0.2) is 0 Å². The Labute approximate surface area is 162 Å². The number of ketones is 1. The van der Waals surface area contributed by atoms with Gasteiger partial charge in [0.1, 0.15) is 0 Å². The lowest BCUT2D eigenvalue weighted by Crippen LogP contribution is -2.12. The third-order valence-corrected chi connectivity index (χ3v) is 4.76. The zero-order chi connectivity index (χ0) is 19.7. The van der Waals surface area contributed by atoms with Crippen LogP contribution in [-0.2, 0) is 6.54 Å². The van der Waals surface area contributed by atoms with E-state index in [9.17, 15) is 9.59 Å². The number of fused-ring (bicyclic) bond motifs is 1. The van der Waals surface area contributed by atoms with Crippen molar-refractivity contribution >= 4 is 22.6 Å². The number of rotatable bonds is 5. The van der Waals surface area contributed by atoms with Gasteiger partial charge in [-0.3, -0.25) is 14.6 Å². The van der Waals surface area contributed by atoms with Crippen LogP contribution in [0.5, 0.6) is 0 Å². The number of nitrogens with two attached hydrogens (primary N) is 1. The number of amides is 1. The average molecular weight is 369 g/mol. The van der Waals surface area contributed by atoms with Crippen LogP contribution in [0, 0.1) is 6.92 Å². The summed E-state index contributed by atoms with van der Waals surface area (Å²) in [6, 6.07) is 18.6. The summed E-state index contributed by atoms with van der Waals surface area (Å²) in [6.07, 6.45) is 3.60. The zero-order valence-electron chi connectivity index (χ0n) is 15.4. The summed E-state index contributed by atoms with van der Waals surface area (Å²) in [6.45, 7) is 2.50. The molecule has 0 spiro atoms. The molecule has 138 valence electrons. The van der Waals surface area contributed by atoms with E-state index in [2.05, 4.69) is 4.98 Å². The standard InChI is InChI=1S/C23H19N3O2/c1-15-7-9-17(10-8-15)22(27)20-6-3-11-26(20)14-16-12-18-4-2-5-19(23(24)28)21(18)25-13-16/h2-13H,14H2,1H3,(H2,24,28). The van der Waals surface area contributed by atoms with Crippen molar-refractivity contribution < 1.29 is 9.59 Å². The summed E-state index contributed by atoms with van der Waals surface area (Å²) >= 11 is 0. The highest BCUT2D eigenvalue weighted by Crippen LogP contribution is 2.19. The van der Waals surface area contributed by atoms with Gasteiger partial charge >= 0.3 is 0 Å². The molecule has 4 rings (SSSR count). The van der Waals surface area contributed by atoms with E-state index in [0.29, 0.717) is 28.9 Å². The van der Waals surface area contributed by atoms with Crippen LogP contribution in [0.2, 0.25) is 0 Å². The van der Waals surface area contributed by atoms with E-state index in [1.54, 1.807) is 18.3 Å². The summed E-state index contributed by atoms with van der Waals surface area (Å²) in [5, 5.41) is 0.840. The van der Waals surface area contributed by atoms with Crippen molar-refractivity contribution in [3.05, 3.63) is 101 Å². The van der Waals surface area contributed by atoms with Gasteiger partial charge in [-0.05, 0) is 36.8 Å². The number of primary amides is 1. The van der Waals surface area contributed by atoms with Crippen molar-refractivity contribution in [3.8, 4) is 0 Å². The Balaban J connectivity index is 1.65. The lowest BCUT2D eigenvalue weighted by Gasteiger charge is -2.10. The molecule has 2 aromatic heterocycles. The topological polar surface area (TPSA) is 78.0 Å². The first kappa shape index (κ1) is 17.7. The number of pyridine rings is 1. The first-order valence-corrected chi connectivity index (χ1v) is 8.97. The van der Waals surface area contributed by atoms with Crippen LogP contribution in [0.4, 0.5) is 0 Å². The second kappa shape index (κ2) is 7.12. The van der Waals surface area contributed by atoms with E-state index in [1.165, 1.54) is 0 Å². The van der Waals surface area contributed by atoms with Gasteiger partial charge in [0.05, 0.1) is 16.8 Å². The van der Waals surface area contributed by atoms with E-state index >= 15 is 0 Å². The molecule has 0 fully saturated rings. The van der Waals surface area contributed by atoms with Crippen LogP contribution in [0.1, 0.15) is 37.5 Å². The van der Waals surface area contributed by atoms with E-state index in [1.807, 2.05) is 66.2 Å². The Hall–Kier alpha value is -3.73. The van der Waals surface area contributed by atoms with Crippen molar-refractivity contribution in [2.45, 2.75) is 13.5 Å². The van der Waals surface area contributed by atoms with Gasteiger partial charge in [-0.15, -0.1) is 0 Å². The summed E-state index contributed by atoms with van der Waals surface area (Å²) in [4.78, 5) is 28.9. The highest BCUT2D eigenvalue weighted by molar-refractivity contribution is 6.08. The number of hydrogen-bond donors (Lipinski definition) is 1. The summed E-state index contributed by atoms with van der Waals surface area (Å²) in [5.74, 6) is -0.517. The molecule has 1 amide bonds. The molecule has 0 bridgehead atoms. The van der Waals surface area contributed by atoms with E-state index in [-0.39, 0.29) is 5.78 Å². The third kappa shape index (κ3) is 3.30. The Morgan fingerprint density at radius 2 is 1.82 bits per heavy atom. The quantitative estimate of drug-likeness (QED) is 0.545. The maximum Gasteiger partial charge on any atom is 0.250 e. The first-order valence-electron chi connectivity index (χ1n) is 8.97. The van der Waals surface area contributed by atoms with Crippen LogP contribution >= 0.6 is 0 Å². The molecule has 5 heteroatoms. The van der Waals surface area contributed by atoms with E-state index in [0.717, 1.165) is 16.5 Å². The van der Waals surface area contributed by atoms with Crippen molar-refractivity contribution in [2.24, 2.45) is 5.73 Å². The van der Waals surface area contributed by atoms with Crippen LogP contribution in [0.3, 0.4) is 0 Å². The normalized spacial score (nSPS) is 10.9. The minimum absolute atomic E-state index is 0.0187.